The molecule has 3 aromatic rings. The number of imide groups is 1. The first-order valence-corrected chi connectivity index (χ1v) is 8.81. The Balaban J connectivity index is 2.15. The first-order valence-electron chi connectivity index (χ1n) is 8.02. The second-order valence-corrected chi connectivity index (χ2v) is 6.63. The number of nitrogens with zero attached hydrogens (tertiary/aromatic N) is 2. The summed E-state index contributed by atoms with van der Waals surface area (Å²) in [6, 6.07) is 16.6. The van der Waals surface area contributed by atoms with Crippen molar-refractivity contribution < 1.29 is 18.9 Å². The van der Waals surface area contributed by atoms with E-state index >= 15 is 0 Å². The molecule has 0 spiro atoms. The van der Waals surface area contributed by atoms with Gasteiger partial charge in [-0.05, 0) is 36.4 Å². The van der Waals surface area contributed by atoms with Gasteiger partial charge in [-0.25, -0.2) is 9.29 Å². The van der Waals surface area contributed by atoms with Crippen LogP contribution in [0.15, 0.2) is 77.3 Å². The summed E-state index contributed by atoms with van der Waals surface area (Å²) in [7, 11) is 0. The highest BCUT2D eigenvalue weighted by atomic mass is 79.9. The highest BCUT2D eigenvalue weighted by molar-refractivity contribution is 9.10. The van der Waals surface area contributed by atoms with Gasteiger partial charge in [-0.3, -0.25) is 19.7 Å². The van der Waals surface area contributed by atoms with Crippen molar-refractivity contribution in [2.75, 3.05) is 4.90 Å². The number of hydrogen-bond acceptors (Lipinski definition) is 4. The Kier molecular flexibility index (Phi) is 5.60. The number of non-ortho nitro benzene ring substituents is 1. The fraction of sp³-hybridized carbons (Fsp3) is 0. The zero-order valence-corrected chi connectivity index (χ0v) is 15.8. The molecule has 0 radical (unpaired) electrons. The zero-order valence-electron chi connectivity index (χ0n) is 14.2. The third-order valence-corrected chi connectivity index (χ3v) is 4.37. The normalized spacial score (nSPS) is 10.4. The van der Waals surface area contributed by atoms with Crippen LogP contribution < -0.4 is 4.90 Å². The van der Waals surface area contributed by atoms with Crippen molar-refractivity contribution in [1.29, 1.82) is 0 Å². The van der Waals surface area contributed by atoms with Gasteiger partial charge >= 0.3 is 0 Å². The van der Waals surface area contributed by atoms with Crippen LogP contribution in [-0.4, -0.2) is 16.7 Å². The molecule has 0 N–H and O–H groups in total. The third kappa shape index (κ3) is 3.96. The van der Waals surface area contributed by atoms with Gasteiger partial charge in [-0.15, -0.1) is 0 Å². The van der Waals surface area contributed by atoms with Crippen molar-refractivity contribution in [3.63, 3.8) is 0 Å². The summed E-state index contributed by atoms with van der Waals surface area (Å²) < 4.78 is 14.8. The molecule has 3 rings (SSSR count). The van der Waals surface area contributed by atoms with Crippen molar-refractivity contribution in [1.82, 2.24) is 0 Å². The van der Waals surface area contributed by atoms with Crippen LogP contribution in [0, 0.1) is 15.9 Å². The molecule has 140 valence electrons. The van der Waals surface area contributed by atoms with Crippen molar-refractivity contribution in [2.24, 2.45) is 0 Å². The van der Waals surface area contributed by atoms with Gasteiger partial charge in [-0.2, -0.15) is 0 Å². The van der Waals surface area contributed by atoms with Crippen LogP contribution in [0.4, 0.5) is 15.8 Å². The van der Waals surface area contributed by atoms with E-state index in [2.05, 4.69) is 15.9 Å². The summed E-state index contributed by atoms with van der Waals surface area (Å²) in [4.78, 5) is 37.3. The van der Waals surface area contributed by atoms with Crippen LogP contribution in [0.1, 0.15) is 20.7 Å². The lowest BCUT2D eigenvalue weighted by Gasteiger charge is -2.21. The van der Waals surface area contributed by atoms with Gasteiger partial charge in [0.25, 0.3) is 17.5 Å². The van der Waals surface area contributed by atoms with Crippen molar-refractivity contribution >= 4 is 39.1 Å². The number of hydrogen-bond donors (Lipinski definition) is 0. The van der Waals surface area contributed by atoms with E-state index in [0.717, 1.165) is 17.0 Å². The minimum Gasteiger partial charge on any atom is -0.268 e. The molecule has 3 aromatic carbocycles. The molecule has 28 heavy (non-hydrogen) atoms. The Hall–Kier alpha value is -3.39. The maximum Gasteiger partial charge on any atom is 0.271 e. The molecular formula is C20H12BrFN2O4. The lowest BCUT2D eigenvalue weighted by atomic mass is 10.1. The molecule has 0 fully saturated rings. The van der Waals surface area contributed by atoms with Gasteiger partial charge in [0.2, 0.25) is 0 Å². The molecule has 0 saturated heterocycles. The fourth-order valence-corrected chi connectivity index (χ4v) is 2.98. The number of nitro benzene ring substituents is 1. The summed E-state index contributed by atoms with van der Waals surface area (Å²) in [5.41, 5.74) is -0.499. The van der Waals surface area contributed by atoms with Gasteiger partial charge in [0.15, 0.2) is 0 Å². The van der Waals surface area contributed by atoms with Crippen LogP contribution in [0.2, 0.25) is 0 Å². The van der Waals surface area contributed by atoms with Gasteiger partial charge in [0, 0.05) is 22.2 Å². The Morgan fingerprint density at radius 1 is 0.929 bits per heavy atom. The van der Waals surface area contributed by atoms with Gasteiger partial charge in [0.05, 0.1) is 16.2 Å². The smallest absolute Gasteiger partial charge is 0.268 e. The molecule has 2 amide bonds. The summed E-state index contributed by atoms with van der Waals surface area (Å²) in [5, 5.41) is 11.1. The molecule has 0 aliphatic carbocycles. The summed E-state index contributed by atoms with van der Waals surface area (Å²) in [6.45, 7) is 0. The number of anilines is 1. The molecular weight excluding hydrogens is 431 g/mol. The second kappa shape index (κ2) is 8.10. The Bertz CT molecular complexity index is 1090. The topological polar surface area (TPSA) is 80.5 Å². The number of carbonyl (C=O) groups is 2. The lowest BCUT2D eigenvalue weighted by molar-refractivity contribution is -0.384. The largest absolute Gasteiger partial charge is 0.271 e. The molecule has 6 nitrogen and oxygen atoms in total. The average molecular weight is 443 g/mol. The van der Waals surface area contributed by atoms with Gasteiger partial charge in [0.1, 0.15) is 5.82 Å². The quantitative estimate of drug-likeness (QED) is 0.324. The Morgan fingerprint density at radius 2 is 1.64 bits per heavy atom. The molecule has 0 saturated carbocycles. The molecule has 0 bridgehead atoms. The molecule has 0 unspecified atom stereocenters. The van der Waals surface area contributed by atoms with E-state index in [-0.39, 0.29) is 22.5 Å². The first-order chi connectivity index (χ1) is 13.4. The summed E-state index contributed by atoms with van der Waals surface area (Å²) >= 11 is 3.26. The van der Waals surface area contributed by atoms with Crippen molar-refractivity contribution in [2.45, 2.75) is 0 Å². The Morgan fingerprint density at radius 3 is 2.32 bits per heavy atom. The first kappa shape index (κ1) is 19.4. The van der Waals surface area contributed by atoms with E-state index in [1.165, 1.54) is 48.5 Å². The number of rotatable bonds is 4. The number of nitro groups is 1. The van der Waals surface area contributed by atoms with Crippen LogP contribution in [0.5, 0.6) is 0 Å². The highest BCUT2D eigenvalue weighted by Gasteiger charge is 2.29. The standard InChI is InChI=1S/C20H12BrFN2O4/c21-14-6-3-5-13(11-14)19(25)23(15-7-4-8-16(12-15)24(27)28)20(26)17-9-1-2-10-18(17)22/h1-12H. The van der Waals surface area contributed by atoms with Crippen LogP contribution >= 0.6 is 15.9 Å². The summed E-state index contributed by atoms with van der Waals surface area (Å²) in [5.74, 6) is -2.47. The van der Waals surface area contributed by atoms with Crippen molar-refractivity contribution in [3.8, 4) is 0 Å². The maximum absolute atomic E-state index is 14.2. The monoisotopic (exact) mass is 442 g/mol. The van der Waals surface area contributed by atoms with Gasteiger partial charge < -0.3 is 0 Å². The zero-order chi connectivity index (χ0) is 20.3. The number of carbonyl (C=O) groups excluding carboxylic acids is 2. The van der Waals surface area contributed by atoms with Crippen molar-refractivity contribution in [3.05, 3.63) is 104 Å². The van der Waals surface area contributed by atoms with E-state index < -0.39 is 22.6 Å². The Labute approximate surface area is 167 Å². The fourth-order valence-electron chi connectivity index (χ4n) is 2.58. The molecule has 0 atom stereocenters. The third-order valence-electron chi connectivity index (χ3n) is 3.88. The molecule has 8 heteroatoms. The van der Waals surface area contributed by atoms with E-state index in [9.17, 15) is 24.1 Å². The van der Waals surface area contributed by atoms with Crippen LogP contribution in [0.25, 0.3) is 0 Å². The molecule has 0 heterocycles. The molecule has 0 aromatic heterocycles. The predicted molar refractivity (Wildman–Crippen MR) is 105 cm³/mol. The van der Waals surface area contributed by atoms with E-state index in [0.29, 0.717) is 4.47 Å². The predicted octanol–water partition coefficient (Wildman–Crippen LogP) is 4.98. The SMILES string of the molecule is O=C(c1cccc(Br)c1)N(C(=O)c1ccccc1F)c1cccc([N+](=O)[O-])c1. The van der Waals surface area contributed by atoms with Gasteiger partial charge in [-0.1, -0.05) is 40.2 Å². The van der Waals surface area contributed by atoms with Crippen LogP contribution in [-0.2, 0) is 0 Å². The van der Waals surface area contributed by atoms with E-state index in [1.807, 2.05) is 0 Å². The minimum absolute atomic E-state index is 0.0348. The molecule has 0 aliphatic heterocycles. The lowest BCUT2D eigenvalue weighted by Crippen LogP contribution is -2.37. The summed E-state index contributed by atoms with van der Waals surface area (Å²) in [6.07, 6.45) is 0. The number of halogens is 2. The number of amides is 2. The van der Waals surface area contributed by atoms with E-state index in [1.54, 1.807) is 12.1 Å². The average Bonchev–Trinajstić information content (AvgIpc) is 2.68. The van der Waals surface area contributed by atoms with Crippen LogP contribution in [0.3, 0.4) is 0 Å². The van der Waals surface area contributed by atoms with E-state index in [4.69, 9.17) is 0 Å². The molecule has 0 aliphatic rings. The maximum atomic E-state index is 14.2. The minimum atomic E-state index is -0.927. The second-order valence-electron chi connectivity index (χ2n) is 5.71. The number of benzene rings is 3. The highest BCUT2D eigenvalue weighted by Crippen LogP contribution is 2.26.